The predicted molar refractivity (Wildman–Crippen MR) is 150 cm³/mol. The topological polar surface area (TPSA) is 73.9 Å². The zero-order valence-electron chi connectivity index (χ0n) is 23.8. The first-order valence-electron chi connectivity index (χ1n) is 13.0. The first kappa shape index (κ1) is 29.7. The number of hydrogen-bond donors (Lipinski definition) is 1. The maximum atomic E-state index is 15.5. The third kappa shape index (κ3) is 9.43. The molecule has 0 fully saturated rings. The Labute approximate surface area is 230 Å². The SMILES string of the molecule is Cc1cc(COc2ccccc2CC(=O)OC(C)(C)C)cc(-c2cccc(CNC(=O)OC(C)(C)C)c2F)c1. The van der Waals surface area contributed by atoms with E-state index in [1.165, 1.54) is 0 Å². The van der Waals surface area contributed by atoms with Crippen molar-refractivity contribution in [3.05, 3.63) is 88.7 Å². The van der Waals surface area contributed by atoms with Gasteiger partial charge in [-0.15, -0.1) is 0 Å². The largest absolute Gasteiger partial charge is 0.489 e. The molecule has 0 aromatic heterocycles. The monoisotopic (exact) mass is 535 g/mol. The average molecular weight is 536 g/mol. The normalized spacial score (nSPS) is 11.6. The van der Waals surface area contributed by atoms with Crippen molar-refractivity contribution >= 4 is 12.1 Å². The predicted octanol–water partition coefficient (Wildman–Crippen LogP) is 7.29. The number of aryl methyl sites for hydroxylation is 1. The van der Waals surface area contributed by atoms with Crippen LogP contribution < -0.4 is 10.1 Å². The number of alkyl carbamates (subject to hydrolysis) is 1. The Morgan fingerprint density at radius 3 is 2.21 bits per heavy atom. The second kappa shape index (κ2) is 12.3. The molecule has 3 aromatic rings. The maximum absolute atomic E-state index is 15.5. The number of ether oxygens (including phenoxy) is 3. The van der Waals surface area contributed by atoms with E-state index in [0.717, 1.165) is 16.7 Å². The van der Waals surface area contributed by atoms with Crippen LogP contribution in [0.15, 0.2) is 60.7 Å². The summed E-state index contributed by atoms with van der Waals surface area (Å²) >= 11 is 0. The Balaban J connectivity index is 1.75. The second-order valence-corrected chi connectivity index (χ2v) is 11.5. The van der Waals surface area contributed by atoms with Gasteiger partial charge in [-0.25, -0.2) is 9.18 Å². The van der Waals surface area contributed by atoms with Crippen molar-refractivity contribution in [3.8, 4) is 16.9 Å². The van der Waals surface area contributed by atoms with Crippen LogP contribution in [0.4, 0.5) is 9.18 Å². The number of benzene rings is 3. The van der Waals surface area contributed by atoms with Gasteiger partial charge in [0.05, 0.1) is 6.42 Å². The van der Waals surface area contributed by atoms with Crippen LogP contribution in [0.5, 0.6) is 5.75 Å². The molecule has 0 aliphatic carbocycles. The van der Waals surface area contributed by atoms with Crippen LogP contribution in [-0.2, 0) is 33.8 Å². The fourth-order valence-corrected chi connectivity index (χ4v) is 4.01. The lowest BCUT2D eigenvalue weighted by Crippen LogP contribution is -2.32. The van der Waals surface area contributed by atoms with Crippen molar-refractivity contribution in [2.45, 2.75) is 79.2 Å². The number of amides is 1. The van der Waals surface area contributed by atoms with Crippen LogP contribution in [-0.4, -0.2) is 23.3 Å². The molecule has 1 amide bonds. The van der Waals surface area contributed by atoms with E-state index in [0.29, 0.717) is 22.4 Å². The number of esters is 1. The molecule has 3 aromatic carbocycles. The minimum absolute atomic E-state index is 0.00476. The fraction of sp³-hybridized carbons (Fsp3) is 0.375. The molecule has 0 atom stereocenters. The minimum atomic E-state index is -0.638. The molecule has 0 saturated carbocycles. The van der Waals surface area contributed by atoms with Gasteiger partial charge in [0, 0.05) is 23.2 Å². The molecule has 0 aliphatic heterocycles. The van der Waals surface area contributed by atoms with Crippen molar-refractivity contribution in [2.75, 3.05) is 0 Å². The summed E-state index contributed by atoms with van der Waals surface area (Å²) in [4.78, 5) is 24.4. The zero-order valence-corrected chi connectivity index (χ0v) is 23.8. The van der Waals surface area contributed by atoms with Gasteiger partial charge in [-0.3, -0.25) is 4.79 Å². The average Bonchev–Trinajstić information content (AvgIpc) is 2.80. The number of carbonyl (C=O) groups excluding carboxylic acids is 2. The van der Waals surface area contributed by atoms with Gasteiger partial charge in [0.25, 0.3) is 0 Å². The number of para-hydroxylation sites is 1. The van der Waals surface area contributed by atoms with Gasteiger partial charge < -0.3 is 19.5 Å². The van der Waals surface area contributed by atoms with E-state index >= 15 is 4.39 Å². The Morgan fingerprint density at radius 2 is 1.51 bits per heavy atom. The zero-order chi connectivity index (χ0) is 28.8. The molecule has 3 rings (SSSR count). The summed E-state index contributed by atoms with van der Waals surface area (Å²) in [7, 11) is 0. The van der Waals surface area contributed by atoms with Crippen molar-refractivity contribution < 1.29 is 28.2 Å². The summed E-state index contributed by atoms with van der Waals surface area (Å²) in [5.41, 5.74) is 2.81. The molecule has 208 valence electrons. The summed E-state index contributed by atoms with van der Waals surface area (Å²) < 4.78 is 32.3. The smallest absolute Gasteiger partial charge is 0.407 e. The Bertz CT molecular complexity index is 1320. The van der Waals surface area contributed by atoms with Crippen LogP contribution in [0.1, 0.15) is 63.8 Å². The third-order valence-electron chi connectivity index (χ3n) is 5.47. The number of rotatable bonds is 8. The van der Waals surface area contributed by atoms with E-state index in [-0.39, 0.29) is 25.5 Å². The number of halogens is 1. The van der Waals surface area contributed by atoms with Crippen molar-refractivity contribution in [2.24, 2.45) is 0 Å². The maximum Gasteiger partial charge on any atom is 0.407 e. The molecule has 7 heteroatoms. The number of carbonyl (C=O) groups is 2. The lowest BCUT2D eigenvalue weighted by Gasteiger charge is -2.20. The summed E-state index contributed by atoms with van der Waals surface area (Å²) in [6.45, 7) is 13.0. The van der Waals surface area contributed by atoms with E-state index in [2.05, 4.69) is 5.32 Å². The van der Waals surface area contributed by atoms with Crippen molar-refractivity contribution in [1.82, 2.24) is 5.32 Å². The third-order valence-corrected chi connectivity index (χ3v) is 5.47. The van der Waals surface area contributed by atoms with Crippen LogP contribution >= 0.6 is 0 Å². The van der Waals surface area contributed by atoms with Gasteiger partial charge in [-0.1, -0.05) is 54.1 Å². The standard InChI is InChI=1S/C32H38FNO5/c1-21-15-22(20-37-27-14-9-8-11-23(27)18-28(35)38-31(2,3)4)17-25(16-21)26-13-10-12-24(29(26)33)19-34-30(36)39-32(5,6)7/h8-17H,18-20H2,1-7H3,(H,34,36). The van der Waals surface area contributed by atoms with E-state index in [4.69, 9.17) is 14.2 Å². The van der Waals surface area contributed by atoms with Gasteiger partial charge >= 0.3 is 12.1 Å². The highest BCUT2D eigenvalue weighted by Crippen LogP contribution is 2.28. The molecule has 1 N–H and O–H groups in total. The molecule has 0 heterocycles. The quantitative estimate of drug-likeness (QED) is 0.307. The van der Waals surface area contributed by atoms with Crippen molar-refractivity contribution in [1.29, 1.82) is 0 Å². The Hall–Kier alpha value is -3.87. The summed E-state index contributed by atoms with van der Waals surface area (Å²) in [5.74, 6) is -0.144. The van der Waals surface area contributed by atoms with Gasteiger partial charge in [0.2, 0.25) is 0 Å². The van der Waals surface area contributed by atoms with Gasteiger partial charge in [-0.2, -0.15) is 0 Å². The van der Waals surface area contributed by atoms with E-state index in [1.807, 2.05) is 70.2 Å². The molecular formula is C32H38FNO5. The molecule has 0 radical (unpaired) electrons. The molecule has 6 nitrogen and oxygen atoms in total. The first-order chi connectivity index (χ1) is 18.2. The minimum Gasteiger partial charge on any atom is -0.489 e. The molecule has 0 unspecified atom stereocenters. The Kier molecular flexibility index (Phi) is 9.38. The lowest BCUT2D eigenvalue weighted by molar-refractivity contribution is -0.153. The van der Waals surface area contributed by atoms with Gasteiger partial charge in [0.15, 0.2) is 0 Å². The molecular weight excluding hydrogens is 497 g/mol. The highest BCUT2D eigenvalue weighted by Gasteiger charge is 2.19. The summed E-state index contributed by atoms with van der Waals surface area (Å²) in [6, 6.07) is 18.2. The highest BCUT2D eigenvalue weighted by molar-refractivity contribution is 5.74. The summed E-state index contributed by atoms with van der Waals surface area (Å²) in [5, 5.41) is 2.61. The van der Waals surface area contributed by atoms with Gasteiger partial charge in [0.1, 0.15) is 29.4 Å². The van der Waals surface area contributed by atoms with Crippen molar-refractivity contribution in [3.63, 3.8) is 0 Å². The fourth-order valence-electron chi connectivity index (χ4n) is 4.01. The molecule has 39 heavy (non-hydrogen) atoms. The molecule has 0 spiro atoms. The second-order valence-electron chi connectivity index (χ2n) is 11.5. The highest BCUT2D eigenvalue weighted by atomic mass is 19.1. The number of hydrogen-bond acceptors (Lipinski definition) is 5. The van der Waals surface area contributed by atoms with E-state index in [9.17, 15) is 9.59 Å². The van der Waals surface area contributed by atoms with Crippen LogP contribution in [0.2, 0.25) is 0 Å². The van der Waals surface area contributed by atoms with Gasteiger partial charge in [-0.05, 0) is 71.7 Å². The molecule has 0 aliphatic rings. The molecule has 0 bridgehead atoms. The van der Waals surface area contributed by atoms with Crippen LogP contribution in [0.3, 0.4) is 0 Å². The lowest BCUT2D eigenvalue weighted by atomic mass is 9.98. The van der Waals surface area contributed by atoms with E-state index < -0.39 is 23.1 Å². The molecule has 0 saturated heterocycles. The van der Waals surface area contributed by atoms with Crippen LogP contribution in [0, 0.1) is 12.7 Å². The van der Waals surface area contributed by atoms with E-state index in [1.54, 1.807) is 39.0 Å². The number of nitrogens with one attached hydrogen (secondary N) is 1. The Morgan fingerprint density at radius 1 is 0.846 bits per heavy atom. The van der Waals surface area contributed by atoms with Crippen LogP contribution in [0.25, 0.3) is 11.1 Å². The summed E-state index contributed by atoms with van der Waals surface area (Å²) in [6.07, 6.45) is -0.503. The first-order valence-corrected chi connectivity index (χ1v) is 13.0.